The zero-order chi connectivity index (χ0) is 11.5. The molecule has 0 bridgehead atoms. The molecule has 0 aliphatic rings. The molecule has 0 atom stereocenters. The van der Waals surface area contributed by atoms with Crippen molar-refractivity contribution in [3.05, 3.63) is 28.8 Å². The lowest BCUT2D eigenvalue weighted by molar-refractivity contribution is 0.320. The molecule has 0 radical (unpaired) electrons. The molecule has 0 saturated carbocycles. The number of aliphatic hydroxyl groups is 1. The molecular formula is C9H12ClNO3S. The Bertz CT molecular complexity index is 445. The van der Waals surface area contributed by atoms with Gasteiger partial charge in [0.05, 0.1) is 23.1 Å². The fourth-order valence-corrected chi connectivity index (χ4v) is 2.24. The highest BCUT2D eigenvalue weighted by atomic mass is 35.5. The van der Waals surface area contributed by atoms with Crippen molar-refractivity contribution in [2.24, 2.45) is 0 Å². The monoisotopic (exact) mass is 249 g/mol. The van der Waals surface area contributed by atoms with Crippen LogP contribution >= 0.6 is 11.6 Å². The molecule has 0 spiro atoms. The van der Waals surface area contributed by atoms with Crippen LogP contribution in [0.1, 0.15) is 5.56 Å². The molecular weight excluding hydrogens is 238 g/mol. The minimum atomic E-state index is -3.50. The van der Waals surface area contributed by atoms with Gasteiger partial charge in [-0.25, -0.2) is 8.42 Å². The van der Waals surface area contributed by atoms with E-state index in [-0.39, 0.29) is 5.75 Å². The van der Waals surface area contributed by atoms with Gasteiger partial charge < -0.3 is 5.11 Å². The lowest BCUT2D eigenvalue weighted by Gasteiger charge is -2.08. The Morgan fingerprint density at radius 1 is 1.47 bits per heavy atom. The number of aliphatic hydroxyl groups excluding tert-OH is 1. The second-order valence-electron chi connectivity index (χ2n) is 3.13. The Morgan fingerprint density at radius 2 is 2.13 bits per heavy atom. The van der Waals surface area contributed by atoms with E-state index in [9.17, 15) is 8.42 Å². The Morgan fingerprint density at radius 3 is 2.67 bits per heavy atom. The first-order valence-corrected chi connectivity index (χ1v) is 6.35. The number of nitrogens with one attached hydrogen (secondary N) is 1. The maximum absolute atomic E-state index is 11.3. The number of sulfonamides is 1. The molecule has 0 heterocycles. The van der Waals surface area contributed by atoms with E-state index in [1.807, 2.05) is 6.92 Å². The highest BCUT2D eigenvalue weighted by molar-refractivity contribution is 7.92. The van der Waals surface area contributed by atoms with Gasteiger partial charge in [0.25, 0.3) is 0 Å². The topological polar surface area (TPSA) is 66.4 Å². The van der Waals surface area contributed by atoms with Crippen molar-refractivity contribution < 1.29 is 13.5 Å². The number of rotatable bonds is 4. The molecule has 4 nitrogen and oxygen atoms in total. The van der Waals surface area contributed by atoms with E-state index in [1.54, 1.807) is 18.2 Å². The highest BCUT2D eigenvalue weighted by Crippen LogP contribution is 2.23. The van der Waals surface area contributed by atoms with Crippen LogP contribution in [0.2, 0.25) is 5.02 Å². The van der Waals surface area contributed by atoms with Gasteiger partial charge in [-0.3, -0.25) is 4.72 Å². The maximum Gasteiger partial charge on any atom is 0.235 e. The minimum Gasteiger partial charge on any atom is -0.395 e. The van der Waals surface area contributed by atoms with Gasteiger partial charge in [-0.1, -0.05) is 17.7 Å². The van der Waals surface area contributed by atoms with Crippen LogP contribution in [0.15, 0.2) is 18.2 Å². The van der Waals surface area contributed by atoms with Crippen LogP contribution in [-0.4, -0.2) is 25.9 Å². The van der Waals surface area contributed by atoms with Gasteiger partial charge in [-0.15, -0.1) is 0 Å². The van der Waals surface area contributed by atoms with Crippen LogP contribution in [0.5, 0.6) is 0 Å². The number of hydrogen-bond donors (Lipinski definition) is 2. The summed E-state index contributed by atoms with van der Waals surface area (Å²) in [6.45, 7) is 1.44. The molecule has 2 N–H and O–H groups in total. The summed E-state index contributed by atoms with van der Waals surface area (Å²) in [5.41, 5.74) is 1.28. The van der Waals surface area contributed by atoms with Crippen LogP contribution in [0.4, 0.5) is 5.69 Å². The van der Waals surface area contributed by atoms with Gasteiger partial charge in [0.15, 0.2) is 0 Å². The second-order valence-corrected chi connectivity index (χ2v) is 5.38. The number of aryl methyl sites for hydroxylation is 1. The molecule has 0 amide bonds. The standard InChI is InChI=1S/C9H12ClNO3S/c1-7-2-3-9(8(10)6-7)11-15(13,14)5-4-12/h2-3,6,11-12H,4-5H2,1H3. The van der Waals surface area contributed by atoms with E-state index in [2.05, 4.69) is 4.72 Å². The SMILES string of the molecule is Cc1ccc(NS(=O)(=O)CCO)c(Cl)c1. The molecule has 0 unspecified atom stereocenters. The predicted molar refractivity (Wildman–Crippen MR) is 60.7 cm³/mol. The van der Waals surface area contributed by atoms with Gasteiger partial charge in [-0.05, 0) is 24.6 Å². The zero-order valence-electron chi connectivity index (χ0n) is 8.20. The first-order valence-electron chi connectivity index (χ1n) is 4.32. The molecule has 0 aliphatic heterocycles. The van der Waals surface area contributed by atoms with Crippen LogP contribution in [0.3, 0.4) is 0 Å². The quantitative estimate of drug-likeness (QED) is 0.847. The Hall–Kier alpha value is -0.780. The minimum absolute atomic E-state index is 0.329. The van der Waals surface area contributed by atoms with Crippen molar-refractivity contribution in [3.63, 3.8) is 0 Å². The first kappa shape index (κ1) is 12.3. The summed E-state index contributed by atoms with van der Waals surface area (Å²) in [6.07, 6.45) is 0. The van der Waals surface area contributed by atoms with E-state index < -0.39 is 16.6 Å². The fourth-order valence-electron chi connectivity index (χ4n) is 1.04. The van der Waals surface area contributed by atoms with Crippen molar-refractivity contribution in [2.75, 3.05) is 17.1 Å². The lowest BCUT2D eigenvalue weighted by atomic mass is 10.2. The van der Waals surface area contributed by atoms with Gasteiger partial charge >= 0.3 is 0 Å². The Balaban J connectivity index is 2.90. The molecule has 0 aliphatic carbocycles. The predicted octanol–water partition coefficient (Wildman–Crippen LogP) is 1.38. The van der Waals surface area contributed by atoms with Crippen LogP contribution in [-0.2, 0) is 10.0 Å². The smallest absolute Gasteiger partial charge is 0.235 e. The number of halogens is 1. The average molecular weight is 250 g/mol. The highest BCUT2D eigenvalue weighted by Gasteiger charge is 2.11. The third-order valence-corrected chi connectivity index (χ3v) is 3.31. The van der Waals surface area contributed by atoms with E-state index >= 15 is 0 Å². The zero-order valence-corrected chi connectivity index (χ0v) is 9.77. The first-order chi connectivity index (χ1) is 6.94. The molecule has 1 rings (SSSR count). The summed E-state index contributed by atoms with van der Waals surface area (Å²) < 4.78 is 24.9. The molecule has 0 saturated heterocycles. The molecule has 6 heteroatoms. The third kappa shape index (κ3) is 3.70. The summed E-state index contributed by atoms with van der Waals surface area (Å²) in [6, 6.07) is 5.01. The van der Waals surface area contributed by atoms with Gasteiger partial charge in [0.1, 0.15) is 0 Å². The Labute approximate surface area is 93.9 Å². The maximum atomic E-state index is 11.3. The average Bonchev–Trinajstić information content (AvgIpc) is 2.09. The van der Waals surface area contributed by atoms with E-state index in [0.29, 0.717) is 10.7 Å². The lowest BCUT2D eigenvalue weighted by Crippen LogP contribution is -2.19. The molecule has 1 aromatic rings. The Kier molecular flexibility index (Phi) is 3.96. The van der Waals surface area contributed by atoms with Crippen molar-refractivity contribution in [1.29, 1.82) is 0 Å². The summed E-state index contributed by atoms with van der Waals surface area (Å²) >= 11 is 5.85. The summed E-state index contributed by atoms with van der Waals surface area (Å²) in [5.74, 6) is -0.336. The molecule has 84 valence electrons. The van der Waals surface area contributed by atoms with Gasteiger partial charge in [0, 0.05) is 0 Å². The van der Waals surface area contributed by atoms with Gasteiger partial charge in [-0.2, -0.15) is 0 Å². The number of hydrogen-bond acceptors (Lipinski definition) is 3. The van der Waals surface area contributed by atoms with E-state index in [0.717, 1.165) is 5.56 Å². The van der Waals surface area contributed by atoms with E-state index in [1.165, 1.54) is 0 Å². The van der Waals surface area contributed by atoms with Crippen LogP contribution in [0, 0.1) is 6.92 Å². The van der Waals surface area contributed by atoms with Gasteiger partial charge in [0.2, 0.25) is 10.0 Å². The van der Waals surface area contributed by atoms with Crippen molar-refractivity contribution >= 4 is 27.3 Å². The number of benzene rings is 1. The fraction of sp³-hybridized carbons (Fsp3) is 0.333. The molecule has 0 aromatic heterocycles. The summed E-state index contributed by atoms with van der Waals surface area (Å²) in [4.78, 5) is 0. The van der Waals surface area contributed by atoms with E-state index in [4.69, 9.17) is 16.7 Å². The molecule has 0 fully saturated rings. The van der Waals surface area contributed by atoms with Crippen molar-refractivity contribution in [1.82, 2.24) is 0 Å². The normalized spacial score (nSPS) is 11.4. The molecule has 15 heavy (non-hydrogen) atoms. The van der Waals surface area contributed by atoms with Crippen molar-refractivity contribution in [3.8, 4) is 0 Å². The van der Waals surface area contributed by atoms with Crippen molar-refractivity contribution in [2.45, 2.75) is 6.92 Å². The number of anilines is 1. The van der Waals surface area contributed by atoms with Crippen LogP contribution in [0.25, 0.3) is 0 Å². The summed E-state index contributed by atoms with van der Waals surface area (Å²) in [5, 5.41) is 8.89. The third-order valence-electron chi connectivity index (χ3n) is 1.75. The second kappa shape index (κ2) is 4.83. The molecule has 1 aromatic carbocycles. The summed E-state index contributed by atoms with van der Waals surface area (Å²) in [7, 11) is -3.50. The van der Waals surface area contributed by atoms with Crippen LogP contribution < -0.4 is 4.72 Å². The largest absolute Gasteiger partial charge is 0.395 e.